The summed E-state index contributed by atoms with van der Waals surface area (Å²) in [5.41, 5.74) is 5.86. The van der Waals surface area contributed by atoms with E-state index in [9.17, 15) is 9.18 Å². The van der Waals surface area contributed by atoms with E-state index in [0.717, 1.165) is 25.9 Å². The molecule has 0 radical (unpaired) electrons. The molecular formula is C13H18FN3O. The zero-order chi connectivity index (χ0) is 13.1. The van der Waals surface area contributed by atoms with Crippen LogP contribution >= 0.6 is 0 Å². The number of carbonyl (C=O) groups is 1. The summed E-state index contributed by atoms with van der Waals surface area (Å²) >= 11 is 0. The molecule has 1 fully saturated rings. The van der Waals surface area contributed by atoms with Gasteiger partial charge in [0.2, 0.25) is 0 Å². The van der Waals surface area contributed by atoms with Crippen molar-refractivity contribution in [1.82, 2.24) is 10.2 Å². The molecule has 1 heterocycles. The molecule has 1 aliphatic rings. The van der Waals surface area contributed by atoms with E-state index < -0.39 is 5.82 Å². The van der Waals surface area contributed by atoms with Crippen molar-refractivity contribution in [2.45, 2.75) is 18.9 Å². The van der Waals surface area contributed by atoms with Gasteiger partial charge in [0.25, 0.3) is 5.91 Å². The minimum absolute atomic E-state index is 0.00558. The van der Waals surface area contributed by atoms with Gasteiger partial charge in [-0.2, -0.15) is 0 Å². The van der Waals surface area contributed by atoms with Crippen LogP contribution in [0.15, 0.2) is 18.2 Å². The fraction of sp³-hybridized carbons (Fsp3) is 0.462. The molecule has 0 aromatic heterocycles. The molecule has 1 amide bonds. The van der Waals surface area contributed by atoms with E-state index in [-0.39, 0.29) is 17.6 Å². The number of rotatable bonds is 2. The average Bonchev–Trinajstić information content (AvgIpc) is 2.35. The number of nitrogens with one attached hydrogen (secondary N) is 1. The van der Waals surface area contributed by atoms with Crippen molar-refractivity contribution in [1.29, 1.82) is 0 Å². The van der Waals surface area contributed by atoms with E-state index in [1.54, 1.807) is 0 Å². The van der Waals surface area contributed by atoms with Gasteiger partial charge >= 0.3 is 0 Å². The van der Waals surface area contributed by atoms with Crippen LogP contribution in [0.5, 0.6) is 0 Å². The molecule has 1 aromatic rings. The quantitative estimate of drug-likeness (QED) is 0.777. The molecule has 2 rings (SSSR count). The summed E-state index contributed by atoms with van der Waals surface area (Å²) in [4.78, 5) is 14.2. The summed E-state index contributed by atoms with van der Waals surface area (Å²) < 4.78 is 13.0. The van der Waals surface area contributed by atoms with E-state index >= 15 is 0 Å². The van der Waals surface area contributed by atoms with E-state index in [1.165, 1.54) is 18.2 Å². The number of hydrogen-bond donors (Lipinski definition) is 2. The molecule has 1 aliphatic heterocycles. The number of likely N-dealkylation sites (tertiary alicyclic amines) is 1. The lowest BCUT2D eigenvalue weighted by Crippen LogP contribution is -2.43. The summed E-state index contributed by atoms with van der Waals surface area (Å²) in [6.45, 7) is 1.97. The highest BCUT2D eigenvalue weighted by Crippen LogP contribution is 2.14. The number of amides is 1. The van der Waals surface area contributed by atoms with Gasteiger partial charge in [-0.1, -0.05) is 0 Å². The van der Waals surface area contributed by atoms with Crippen LogP contribution in [0.2, 0.25) is 0 Å². The average molecular weight is 251 g/mol. The molecule has 1 aromatic carbocycles. The SMILES string of the molecule is CN1CCC(NC(=O)c2ccc(F)c(N)c2)CC1. The Morgan fingerprint density at radius 3 is 2.72 bits per heavy atom. The molecular weight excluding hydrogens is 233 g/mol. The highest BCUT2D eigenvalue weighted by atomic mass is 19.1. The fourth-order valence-electron chi connectivity index (χ4n) is 2.11. The molecule has 18 heavy (non-hydrogen) atoms. The summed E-state index contributed by atoms with van der Waals surface area (Å²) in [5.74, 6) is -0.679. The van der Waals surface area contributed by atoms with E-state index in [4.69, 9.17) is 5.73 Å². The number of hydrogen-bond acceptors (Lipinski definition) is 3. The summed E-state index contributed by atoms with van der Waals surface area (Å²) in [5, 5.41) is 2.96. The van der Waals surface area contributed by atoms with Gasteiger partial charge in [-0.15, -0.1) is 0 Å². The lowest BCUT2D eigenvalue weighted by Gasteiger charge is -2.29. The highest BCUT2D eigenvalue weighted by molar-refractivity contribution is 5.95. The second-order valence-corrected chi connectivity index (χ2v) is 4.79. The third-order valence-corrected chi connectivity index (χ3v) is 3.31. The number of halogens is 1. The van der Waals surface area contributed by atoms with Crippen LogP contribution in [-0.4, -0.2) is 37.0 Å². The highest BCUT2D eigenvalue weighted by Gasteiger charge is 2.19. The van der Waals surface area contributed by atoms with Crippen molar-refractivity contribution in [3.05, 3.63) is 29.6 Å². The van der Waals surface area contributed by atoms with Crippen molar-refractivity contribution < 1.29 is 9.18 Å². The monoisotopic (exact) mass is 251 g/mol. The van der Waals surface area contributed by atoms with Gasteiger partial charge in [0.15, 0.2) is 0 Å². The van der Waals surface area contributed by atoms with Crippen LogP contribution in [0.3, 0.4) is 0 Å². The molecule has 4 nitrogen and oxygen atoms in total. The Hall–Kier alpha value is -1.62. The molecule has 0 aliphatic carbocycles. The predicted octanol–water partition coefficient (Wildman–Crippen LogP) is 1.23. The van der Waals surface area contributed by atoms with Gasteiger partial charge in [0.05, 0.1) is 5.69 Å². The Labute approximate surface area is 106 Å². The second-order valence-electron chi connectivity index (χ2n) is 4.79. The van der Waals surface area contributed by atoms with Crippen LogP contribution in [0.1, 0.15) is 23.2 Å². The Morgan fingerprint density at radius 2 is 2.11 bits per heavy atom. The van der Waals surface area contributed by atoms with Crippen LogP contribution in [0.4, 0.5) is 10.1 Å². The first-order valence-electron chi connectivity index (χ1n) is 6.10. The first-order chi connectivity index (χ1) is 8.56. The van der Waals surface area contributed by atoms with Crippen molar-refractivity contribution in [2.75, 3.05) is 25.9 Å². The van der Waals surface area contributed by atoms with Gasteiger partial charge in [-0.25, -0.2) is 4.39 Å². The summed E-state index contributed by atoms with van der Waals surface area (Å²) in [6.07, 6.45) is 1.89. The lowest BCUT2D eigenvalue weighted by atomic mass is 10.0. The molecule has 3 N–H and O–H groups in total. The number of carbonyl (C=O) groups excluding carboxylic acids is 1. The molecule has 0 spiro atoms. The number of nitrogens with two attached hydrogens (primary N) is 1. The zero-order valence-corrected chi connectivity index (χ0v) is 10.4. The molecule has 5 heteroatoms. The topological polar surface area (TPSA) is 58.4 Å². The molecule has 0 bridgehead atoms. The number of benzene rings is 1. The van der Waals surface area contributed by atoms with E-state index in [2.05, 4.69) is 17.3 Å². The van der Waals surface area contributed by atoms with Gasteiger partial charge in [0.1, 0.15) is 5.82 Å². The van der Waals surface area contributed by atoms with Gasteiger partial charge in [0, 0.05) is 11.6 Å². The van der Waals surface area contributed by atoms with E-state index in [0.29, 0.717) is 5.56 Å². The van der Waals surface area contributed by atoms with Crippen LogP contribution in [0, 0.1) is 5.82 Å². The second kappa shape index (κ2) is 5.35. The number of piperidine rings is 1. The fourth-order valence-corrected chi connectivity index (χ4v) is 2.11. The first-order valence-corrected chi connectivity index (χ1v) is 6.10. The standard InChI is InChI=1S/C13H18FN3O/c1-17-6-4-10(5-7-17)16-13(18)9-2-3-11(14)12(15)8-9/h2-3,8,10H,4-7,15H2,1H3,(H,16,18). The molecule has 0 saturated carbocycles. The van der Waals surface area contributed by atoms with E-state index in [1.807, 2.05) is 0 Å². The first kappa shape index (κ1) is 12.8. The minimum Gasteiger partial charge on any atom is -0.396 e. The third-order valence-electron chi connectivity index (χ3n) is 3.31. The molecule has 98 valence electrons. The largest absolute Gasteiger partial charge is 0.396 e. The van der Waals surface area contributed by atoms with Crippen LogP contribution in [0.25, 0.3) is 0 Å². The number of nitrogen functional groups attached to an aromatic ring is 1. The minimum atomic E-state index is -0.495. The van der Waals surface area contributed by atoms with Crippen molar-refractivity contribution in [2.24, 2.45) is 0 Å². The maximum absolute atomic E-state index is 13.0. The number of anilines is 1. The maximum Gasteiger partial charge on any atom is 0.251 e. The van der Waals surface area contributed by atoms with Crippen molar-refractivity contribution in [3.8, 4) is 0 Å². The number of nitrogens with zero attached hydrogens (tertiary/aromatic N) is 1. The van der Waals surface area contributed by atoms with Crippen LogP contribution < -0.4 is 11.1 Å². The molecule has 1 saturated heterocycles. The van der Waals surface area contributed by atoms with Crippen molar-refractivity contribution >= 4 is 11.6 Å². The summed E-state index contributed by atoms with van der Waals surface area (Å²) in [6, 6.07) is 4.24. The Kier molecular flexibility index (Phi) is 3.81. The molecule has 0 atom stereocenters. The normalized spacial score (nSPS) is 17.7. The molecule has 0 unspecified atom stereocenters. The van der Waals surface area contributed by atoms with Gasteiger partial charge in [-0.05, 0) is 51.2 Å². The summed E-state index contributed by atoms with van der Waals surface area (Å²) in [7, 11) is 2.07. The lowest BCUT2D eigenvalue weighted by molar-refractivity contribution is 0.0917. The Bertz CT molecular complexity index is 442. The van der Waals surface area contributed by atoms with Gasteiger partial charge in [-0.3, -0.25) is 4.79 Å². The smallest absolute Gasteiger partial charge is 0.251 e. The maximum atomic E-state index is 13.0. The Morgan fingerprint density at radius 1 is 1.44 bits per heavy atom. The van der Waals surface area contributed by atoms with Crippen LogP contribution in [-0.2, 0) is 0 Å². The predicted molar refractivity (Wildman–Crippen MR) is 68.8 cm³/mol. The zero-order valence-electron chi connectivity index (χ0n) is 10.4. The Balaban J connectivity index is 1.97. The third kappa shape index (κ3) is 2.98. The van der Waals surface area contributed by atoms with Gasteiger partial charge < -0.3 is 16.0 Å². The van der Waals surface area contributed by atoms with Crippen molar-refractivity contribution in [3.63, 3.8) is 0 Å².